The van der Waals surface area contributed by atoms with E-state index in [2.05, 4.69) is 4.72 Å². The molecule has 1 atom stereocenters. The van der Waals surface area contributed by atoms with Gasteiger partial charge in [-0.1, -0.05) is 25.5 Å². The molecule has 5 nitrogen and oxygen atoms in total. The molecule has 0 saturated heterocycles. The number of rotatable bonds is 7. The number of hydrogen-bond donors (Lipinski definition) is 2. The van der Waals surface area contributed by atoms with E-state index in [1.54, 1.807) is 6.92 Å². The Morgan fingerprint density at radius 1 is 1.42 bits per heavy atom. The first-order valence-electron chi connectivity index (χ1n) is 5.82. The molecule has 0 heterocycles. The largest absolute Gasteiger partial charge is 0.481 e. The highest BCUT2D eigenvalue weighted by molar-refractivity contribution is 7.89. The van der Waals surface area contributed by atoms with E-state index in [-0.39, 0.29) is 18.9 Å². The van der Waals surface area contributed by atoms with Gasteiger partial charge in [-0.2, -0.15) is 0 Å². The predicted octanol–water partition coefficient (Wildman–Crippen LogP) is 1.60. The van der Waals surface area contributed by atoms with Crippen molar-refractivity contribution in [2.45, 2.75) is 24.7 Å². The number of sulfonamides is 1. The number of benzene rings is 1. The summed E-state index contributed by atoms with van der Waals surface area (Å²) in [4.78, 5) is 10.1. The summed E-state index contributed by atoms with van der Waals surface area (Å²) in [6.07, 6.45) is 0.391. The molecule has 0 aliphatic carbocycles. The fraction of sp³-hybridized carbons (Fsp3) is 0.417. The molecule has 19 heavy (non-hydrogen) atoms. The van der Waals surface area contributed by atoms with E-state index >= 15 is 0 Å². The Morgan fingerprint density at radius 2 is 2.05 bits per heavy atom. The van der Waals surface area contributed by atoms with Gasteiger partial charge in [0.25, 0.3) is 0 Å². The minimum absolute atomic E-state index is 0.0283. The molecule has 0 aliphatic heterocycles. The molecular formula is C12H16FNO4S. The summed E-state index contributed by atoms with van der Waals surface area (Å²) in [6.45, 7) is 1.74. The molecule has 1 unspecified atom stereocenters. The third-order valence-electron chi connectivity index (χ3n) is 2.73. The predicted molar refractivity (Wildman–Crippen MR) is 67.6 cm³/mol. The molecule has 2 N–H and O–H groups in total. The van der Waals surface area contributed by atoms with Gasteiger partial charge in [0.1, 0.15) is 10.7 Å². The maximum atomic E-state index is 13.4. The number of nitrogens with one attached hydrogen (secondary N) is 1. The molecule has 0 aromatic heterocycles. The van der Waals surface area contributed by atoms with Crippen molar-refractivity contribution in [3.63, 3.8) is 0 Å². The van der Waals surface area contributed by atoms with Crippen LogP contribution in [-0.4, -0.2) is 26.0 Å². The quantitative estimate of drug-likeness (QED) is 0.798. The van der Waals surface area contributed by atoms with Crippen LogP contribution in [-0.2, 0) is 14.8 Å². The third-order valence-corrected chi connectivity index (χ3v) is 4.19. The van der Waals surface area contributed by atoms with Crippen LogP contribution in [0, 0.1) is 11.7 Å². The minimum Gasteiger partial charge on any atom is -0.481 e. The van der Waals surface area contributed by atoms with Crippen LogP contribution >= 0.6 is 0 Å². The summed E-state index contributed by atoms with van der Waals surface area (Å²) in [5, 5.41) is 8.67. The Bertz CT molecular complexity index is 544. The lowest BCUT2D eigenvalue weighted by Gasteiger charge is -2.14. The molecule has 0 amide bonds. The normalized spacial score (nSPS) is 13.2. The highest BCUT2D eigenvalue weighted by Gasteiger charge is 2.20. The SMILES string of the molecule is CCC(CNS(=O)(=O)c1ccccc1F)CC(=O)O. The van der Waals surface area contributed by atoms with Crippen LogP contribution in [0.25, 0.3) is 0 Å². The average molecular weight is 289 g/mol. The lowest BCUT2D eigenvalue weighted by molar-refractivity contribution is -0.138. The molecule has 1 rings (SSSR count). The average Bonchev–Trinajstić information content (AvgIpc) is 2.34. The van der Waals surface area contributed by atoms with Gasteiger partial charge in [-0.3, -0.25) is 4.79 Å². The molecule has 106 valence electrons. The Kier molecular flexibility index (Phi) is 5.44. The highest BCUT2D eigenvalue weighted by atomic mass is 32.2. The second-order valence-electron chi connectivity index (χ2n) is 4.15. The molecule has 0 radical (unpaired) electrons. The zero-order chi connectivity index (χ0) is 14.5. The van der Waals surface area contributed by atoms with Crippen molar-refractivity contribution in [1.82, 2.24) is 4.72 Å². The van der Waals surface area contributed by atoms with Crippen LogP contribution in [0.1, 0.15) is 19.8 Å². The minimum atomic E-state index is -3.95. The van der Waals surface area contributed by atoms with E-state index in [9.17, 15) is 17.6 Å². The van der Waals surface area contributed by atoms with Gasteiger partial charge in [0, 0.05) is 13.0 Å². The first kappa shape index (κ1) is 15.6. The number of carbonyl (C=O) groups is 1. The van der Waals surface area contributed by atoms with Gasteiger partial charge in [0.15, 0.2) is 0 Å². The number of carboxylic acid groups (broad SMARTS) is 1. The summed E-state index contributed by atoms with van der Waals surface area (Å²) in [7, 11) is -3.95. The van der Waals surface area contributed by atoms with Gasteiger partial charge in [-0.05, 0) is 18.1 Å². The zero-order valence-electron chi connectivity index (χ0n) is 10.5. The summed E-state index contributed by atoms with van der Waals surface area (Å²) in [5.41, 5.74) is 0. The molecule has 1 aromatic rings. The molecular weight excluding hydrogens is 273 g/mol. The Balaban J connectivity index is 2.76. The topological polar surface area (TPSA) is 83.5 Å². The van der Waals surface area contributed by atoms with Gasteiger partial charge < -0.3 is 5.11 Å². The molecule has 0 bridgehead atoms. The molecule has 0 aliphatic rings. The van der Waals surface area contributed by atoms with Crippen LogP contribution in [0.5, 0.6) is 0 Å². The zero-order valence-corrected chi connectivity index (χ0v) is 11.3. The van der Waals surface area contributed by atoms with Crippen molar-refractivity contribution >= 4 is 16.0 Å². The van der Waals surface area contributed by atoms with Crippen molar-refractivity contribution in [3.8, 4) is 0 Å². The van der Waals surface area contributed by atoms with Crippen molar-refractivity contribution in [3.05, 3.63) is 30.1 Å². The Hall–Kier alpha value is -1.47. The van der Waals surface area contributed by atoms with E-state index in [0.717, 1.165) is 12.1 Å². The van der Waals surface area contributed by atoms with Crippen LogP contribution in [0.4, 0.5) is 4.39 Å². The fourth-order valence-corrected chi connectivity index (χ4v) is 2.77. The number of halogens is 1. The highest BCUT2D eigenvalue weighted by Crippen LogP contribution is 2.14. The van der Waals surface area contributed by atoms with E-state index in [1.165, 1.54) is 12.1 Å². The maximum absolute atomic E-state index is 13.4. The second kappa shape index (κ2) is 6.63. The van der Waals surface area contributed by atoms with Gasteiger partial charge in [-0.15, -0.1) is 0 Å². The van der Waals surface area contributed by atoms with Gasteiger partial charge in [0.05, 0.1) is 0 Å². The van der Waals surface area contributed by atoms with Crippen LogP contribution in [0.3, 0.4) is 0 Å². The van der Waals surface area contributed by atoms with Gasteiger partial charge in [-0.25, -0.2) is 17.5 Å². The first-order valence-corrected chi connectivity index (χ1v) is 7.31. The molecule has 1 aromatic carbocycles. The lowest BCUT2D eigenvalue weighted by atomic mass is 10.0. The monoisotopic (exact) mass is 289 g/mol. The second-order valence-corrected chi connectivity index (χ2v) is 5.89. The van der Waals surface area contributed by atoms with E-state index in [4.69, 9.17) is 5.11 Å². The van der Waals surface area contributed by atoms with Crippen molar-refractivity contribution in [2.75, 3.05) is 6.54 Å². The van der Waals surface area contributed by atoms with E-state index < -0.39 is 26.7 Å². The van der Waals surface area contributed by atoms with E-state index in [1.807, 2.05) is 0 Å². The fourth-order valence-electron chi connectivity index (χ4n) is 1.58. The third kappa shape index (κ3) is 4.60. The number of carboxylic acids is 1. The summed E-state index contributed by atoms with van der Waals surface area (Å²) >= 11 is 0. The molecule has 0 saturated carbocycles. The van der Waals surface area contributed by atoms with Crippen LogP contribution in [0.2, 0.25) is 0 Å². The van der Waals surface area contributed by atoms with E-state index in [0.29, 0.717) is 6.42 Å². The maximum Gasteiger partial charge on any atom is 0.303 e. The summed E-state index contributed by atoms with van der Waals surface area (Å²) < 4.78 is 39.4. The van der Waals surface area contributed by atoms with Gasteiger partial charge >= 0.3 is 5.97 Å². The lowest BCUT2D eigenvalue weighted by Crippen LogP contribution is -2.30. The molecule has 7 heteroatoms. The first-order chi connectivity index (χ1) is 8.86. The smallest absolute Gasteiger partial charge is 0.303 e. The van der Waals surface area contributed by atoms with Crippen LogP contribution < -0.4 is 4.72 Å². The van der Waals surface area contributed by atoms with Crippen molar-refractivity contribution < 1.29 is 22.7 Å². The van der Waals surface area contributed by atoms with Crippen molar-refractivity contribution in [1.29, 1.82) is 0 Å². The van der Waals surface area contributed by atoms with Crippen molar-refractivity contribution in [2.24, 2.45) is 5.92 Å². The Morgan fingerprint density at radius 3 is 2.58 bits per heavy atom. The Labute approximate surface area is 111 Å². The number of hydrogen-bond acceptors (Lipinski definition) is 3. The standard InChI is InChI=1S/C12H16FNO4S/c1-2-9(7-12(15)16)8-14-19(17,18)11-6-4-3-5-10(11)13/h3-6,9,14H,2,7-8H2,1H3,(H,15,16). The molecule has 0 spiro atoms. The number of aliphatic carboxylic acids is 1. The summed E-state index contributed by atoms with van der Waals surface area (Å²) in [5.74, 6) is -2.14. The molecule has 0 fully saturated rings. The summed E-state index contributed by atoms with van der Waals surface area (Å²) in [6, 6.07) is 5.04. The van der Waals surface area contributed by atoms with Gasteiger partial charge in [0.2, 0.25) is 10.0 Å². The van der Waals surface area contributed by atoms with Crippen LogP contribution in [0.15, 0.2) is 29.2 Å².